The average molecular weight is 360 g/mol. The first-order valence-corrected chi connectivity index (χ1v) is 8.93. The molecule has 0 aliphatic rings. The van der Waals surface area contributed by atoms with Gasteiger partial charge in [0.05, 0.1) is 17.7 Å². The lowest BCUT2D eigenvalue weighted by Gasteiger charge is -2.09. The van der Waals surface area contributed by atoms with E-state index < -0.39 is 22.5 Å². The molecule has 0 unspecified atom stereocenters. The third-order valence-corrected chi connectivity index (χ3v) is 5.21. The van der Waals surface area contributed by atoms with Gasteiger partial charge in [-0.05, 0) is 26.0 Å². The van der Waals surface area contributed by atoms with Crippen LogP contribution < -0.4 is 10.0 Å². The van der Waals surface area contributed by atoms with Crippen molar-refractivity contribution < 1.29 is 17.7 Å². The maximum Gasteiger partial charge on any atom is 0.246 e. The summed E-state index contributed by atoms with van der Waals surface area (Å²) in [4.78, 5) is 16.3. The smallest absolute Gasteiger partial charge is 0.246 e. The van der Waals surface area contributed by atoms with Gasteiger partial charge < -0.3 is 9.84 Å². The minimum absolute atomic E-state index is 0.0490. The molecule has 0 radical (unpaired) electrons. The van der Waals surface area contributed by atoms with Gasteiger partial charge in [-0.25, -0.2) is 13.1 Å². The normalized spacial score (nSPS) is 11.6. The third-order valence-electron chi connectivity index (χ3n) is 3.57. The van der Waals surface area contributed by atoms with Gasteiger partial charge in [-0.15, -0.1) is 0 Å². The van der Waals surface area contributed by atoms with E-state index in [9.17, 15) is 13.2 Å². The minimum atomic E-state index is -3.89. The zero-order valence-corrected chi connectivity index (χ0v) is 14.4. The highest BCUT2D eigenvalue weighted by molar-refractivity contribution is 7.89. The van der Waals surface area contributed by atoms with Gasteiger partial charge in [-0.3, -0.25) is 9.78 Å². The standard InChI is InChI=1S/C16H16N4O4S/c1-10-16(11(2)24-20-10)25(22,23)18-9-14(21)19-13-7-3-5-12-6-4-8-17-15(12)13/h3-8,18H,9H2,1-2H3,(H,19,21). The molecule has 8 nitrogen and oxygen atoms in total. The van der Waals surface area contributed by atoms with E-state index in [4.69, 9.17) is 4.52 Å². The van der Waals surface area contributed by atoms with E-state index in [-0.39, 0.29) is 16.3 Å². The molecule has 1 amide bonds. The van der Waals surface area contributed by atoms with Crippen LogP contribution in [0.4, 0.5) is 5.69 Å². The summed E-state index contributed by atoms with van der Waals surface area (Å²) in [5.41, 5.74) is 1.38. The first-order valence-electron chi connectivity index (χ1n) is 7.44. The van der Waals surface area contributed by atoms with Crippen molar-refractivity contribution in [2.45, 2.75) is 18.7 Å². The van der Waals surface area contributed by atoms with Gasteiger partial charge in [0, 0.05) is 11.6 Å². The summed E-state index contributed by atoms with van der Waals surface area (Å²) in [6, 6.07) is 9.03. The molecule has 3 aromatic rings. The van der Waals surface area contributed by atoms with E-state index in [0.717, 1.165) is 5.39 Å². The number of hydrogen-bond donors (Lipinski definition) is 2. The molecule has 25 heavy (non-hydrogen) atoms. The van der Waals surface area contributed by atoms with Crippen molar-refractivity contribution in [2.75, 3.05) is 11.9 Å². The number of rotatable bonds is 5. The molecule has 2 N–H and O–H groups in total. The van der Waals surface area contributed by atoms with Crippen LogP contribution in [0.5, 0.6) is 0 Å². The highest BCUT2D eigenvalue weighted by atomic mass is 32.2. The van der Waals surface area contributed by atoms with E-state index in [0.29, 0.717) is 11.2 Å². The highest BCUT2D eigenvalue weighted by Crippen LogP contribution is 2.21. The van der Waals surface area contributed by atoms with Crippen LogP contribution in [0.15, 0.2) is 45.9 Å². The maximum absolute atomic E-state index is 12.3. The van der Waals surface area contributed by atoms with Gasteiger partial charge >= 0.3 is 0 Å². The summed E-state index contributed by atoms with van der Waals surface area (Å²) in [5.74, 6) is -0.336. The molecule has 130 valence electrons. The Kier molecular flexibility index (Phi) is 4.51. The lowest BCUT2D eigenvalue weighted by atomic mass is 10.2. The topological polar surface area (TPSA) is 114 Å². The van der Waals surface area contributed by atoms with Gasteiger partial charge in [0.1, 0.15) is 10.6 Å². The van der Waals surface area contributed by atoms with Crippen molar-refractivity contribution in [2.24, 2.45) is 0 Å². The van der Waals surface area contributed by atoms with Gasteiger partial charge in [0.2, 0.25) is 15.9 Å². The Morgan fingerprint density at radius 1 is 1.20 bits per heavy atom. The van der Waals surface area contributed by atoms with Gasteiger partial charge in [-0.1, -0.05) is 23.4 Å². The largest absolute Gasteiger partial charge is 0.360 e. The number of para-hydroxylation sites is 1. The molecule has 3 rings (SSSR count). The van der Waals surface area contributed by atoms with Crippen LogP contribution in [-0.2, 0) is 14.8 Å². The van der Waals surface area contributed by atoms with Crippen LogP contribution in [0.2, 0.25) is 0 Å². The number of hydrogen-bond acceptors (Lipinski definition) is 6. The van der Waals surface area contributed by atoms with Crippen LogP contribution in [0.3, 0.4) is 0 Å². The van der Waals surface area contributed by atoms with Crippen molar-refractivity contribution in [1.29, 1.82) is 0 Å². The summed E-state index contributed by atoms with van der Waals surface area (Å²) in [6.07, 6.45) is 1.62. The second kappa shape index (κ2) is 6.61. The average Bonchev–Trinajstić information content (AvgIpc) is 2.93. The van der Waals surface area contributed by atoms with E-state index in [1.807, 2.05) is 12.1 Å². The van der Waals surface area contributed by atoms with Gasteiger partial charge in [-0.2, -0.15) is 0 Å². The molecule has 0 fully saturated rings. The van der Waals surface area contributed by atoms with Crippen LogP contribution in [-0.4, -0.2) is 31.0 Å². The van der Waals surface area contributed by atoms with Crippen LogP contribution in [0, 0.1) is 13.8 Å². The van der Waals surface area contributed by atoms with E-state index >= 15 is 0 Å². The SMILES string of the molecule is Cc1noc(C)c1S(=O)(=O)NCC(=O)Nc1cccc2cccnc12. The van der Waals surface area contributed by atoms with E-state index in [2.05, 4.69) is 20.2 Å². The number of anilines is 1. The van der Waals surface area contributed by atoms with Crippen molar-refractivity contribution in [1.82, 2.24) is 14.9 Å². The molecule has 0 spiro atoms. The number of pyridine rings is 1. The fraction of sp³-hybridized carbons (Fsp3) is 0.188. The monoisotopic (exact) mass is 360 g/mol. The molecule has 2 aromatic heterocycles. The number of carbonyl (C=O) groups is 1. The number of carbonyl (C=O) groups excluding carboxylic acids is 1. The number of amides is 1. The number of aromatic nitrogens is 2. The van der Waals surface area contributed by atoms with Gasteiger partial charge in [0.15, 0.2) is 5.76 Å². The summed E-state index contributed by atoms with van der Waals surface area (Å²) in [5, 5.41) is 7.14. The summed E-state index contributed by atoms with van der Waals surface area (Å²) >= 11 is 0. The van der Waals surface area contributed by atoms with E-state index in [1.165, 1.54) is 13.8 Å². The molecule has 0 bridgehead atoms. The van der Waals surface area contributed by atoms with Crippen LogP contribution in [0.25, 0.3) is 10.9 Å². The fourth-order valence-corrected chi connectivity index (χ4v) is 3.80. The molecule has 0 atom stereocenters. The number of benzene rings is 1. The molecule has 0 saturated carbocycles. The van der Waals surface area contributed by atoms with Crippen molar-refractivity contribution in [3.63, 3.8) is 0 Å². The van der Waals surface area contributed by atoms with Crippen molar-refractivity contribution in [3.05, 3.63) is 48.0 Å². The lowest BCUT2D eigenvalue weighted by Crippen LogP contribution is -2.33. The maximum atomic E-state index is 12.3. The molecule has 0 saturated heterocycles. The fourth-order valence-electron chi connectivity index (χ4n) is 2.49. The van der Waals surface area contributed by atoms with Gasteiger partial charge in [0.25, 0.3) is 0 Å². The molecule has 0 aliphatic carbocycles. The van der Waals surface area contributed by atoms with Crippen molar-refractivity contribution in [3.8, 4) is 0 Å². The minimum Gasteiger partial charge on any atom is -0.360 e. The predicted octanol–water partition coefficient (Wildman–Crippen LogP) is 1.76. The Hall–Kier alpha value is -2.78. The Morgan fingerprint density at radius 3 is 2.68 bits per heavy atom. The Labute approximate surface area is 144 Å². The molecule has 9 heteroatoms. The Morgan fingerprint density at radius 2 is 1.96 bits per heavy atom. The van der Waals surface area contributed by atoms with E-state index in [1.54, 1.807) is 24.4 Å². The third kappa shape index (κ3) is 3.52. The number of fused-ring (bicyclic) bond motifs is 1. The first-order chi connectivity index (χ1) is 11.9. The zero-order valence-electron chi connectivity index (χ0n) is 13.6. The molecular weight excluding hydrogens is 344 g/mol. The summed E-state index contributed by atoms with van der Waals surface area (Å²) < 4.78 is 31.7. The number of aryl methyl sites for hydroxylation is 2. The first kappa shape index (κ1) is 17.1. The predicted molar refractivity (Wildman–Crippen MR) is 91.5 cm³/mol. The summed E-state index contributed by atoms with van der Waals surface area (Å²) in [6.45, 7) is 2.60. The highest BCUT2D eigenvalue weighted by Gasteiger charge is 2.24. The number of sulfonamides is 1. The molecular formula is C16H16N4O4S. The quantitative estimate of drug-likeness (QED) is 0.716. The zero-order chi connectivity index (χ0) is 18.0. The number of nitrogens with zero attached hydrogens (tertiary/aromatic N) is 2. The van der Waals surface area contributed by atoms with Crippen LogP contribution >= 0.6 is 0 Å². The Bertz CT molecular complexity index is 1020. The second-order valence-corrected chi connectivity index (χ2v) is 7.11. The number of nitrogens with one attached hydrogen (secondary N) is 2. The summed E-state index contributed by atoms with van der Waals surface area (Å²) in [7, 11) is -3.89. The van der Waals surface area contributed by atoms with Crippen LogP contribution in [0.1, 0.15) is 11.5 Å². The van der Waals surface area contributed by atoms with Crippen molar-refractivity contribution >= 4 is 32.5 Å². The second-order valence-electron chi connectivity index (χ2n) is 5.41. The lowest BCUT2D eigenvalue weighted by molar-refractivity contribution is -0.115. The molecule has 1 aromatic carbocycles. The Balaban J connectivity index is 1.73. The molecule has 2 heterocycles. The molecule has 0 aliphatic heterocycles.